The van der Waals surface area contributed by atoms with Gasteiger partial charge in [-0.05, 0) is 78.9 Å². The Morgan fingerprint density at radius 2 is 1.48 bits per heavy atom. The molecule has 304 valence electrons. The number of nitrogens with zero attached hydrogens (tertiary/aromatic N) is 3. The molecule has 0 fully saturated rings. The van der Waals surface area contributed by atoms with E-state index in [4.69, 9.17) is 14.6 Å². The molecule has 0 unspecified atom stereocenters. The standard InChI is InChI=1S/C43H59N5O7S/c1-5-7-8-9-10-11-12-13-14-15-16-17-18-20-34-21-19-22-37(27-34)55-31-41(50)45-35-23-25-36(26-24-35)48-42(51)30-40(46-48)47(32(3)49)38-28-33(6-2)29-39(43(38)54-4)56(44,52)53/h19,21-29H,5-18,20,30-31H2,1-4H3,(H,45,50)(H2,44,52,53). The van der Waals surface area contributed by atoms with E-state index in [0.29, 0.717) is 29.1 Å². The van der Waals surface area contributed by atoms with Crippen LogP contribution >= 0.6 is 0 Å². The van der Waals surface area contributed by atoms with Gasteiger partial charge >= 0.3 is 0 Å². The molecule has 0 bridgehead atoms. The highest BCUT2D eigenvalue weighted by molar-refractivity contribution is 7.89. The highest BCUT2D eigenvalue weighted by Crippen LogP contribution is 2.38. The number of sulfonamides is 1. The van der Waals surface area contributed by atoms with Gasteiger partial charge in [-0.25, -0.2) is 13.6 Å². The minimum atomic E-state index is -4.21. The zero-order chi connectivity index (χ0) is 40.5. The summed E-state index contributed by atoms with van der Waals surface area (Å²) in [4.78, 5) is 39.8. The normalized spacial score (nSPS) is 12.8. The number of primary sulfonamides is 1. The van der Waals surface area contributed by atoms with Gasteiger partial charge in [-0.15, -0.1) is 0 Å². The van der Waals surface area contributed by atoms with E-state index >= 15 is 0 Å². The van der Waals surface area contributed by atoms with E-state index in [1.807, 2.05) is 25.1 Å². The van der Waals surface area contributed by atoms with Gasteiger partial charge in [-0.2, -0.15) is 10.1 Å². The van der Waals surface area contributed by atoms with Crippen LogP contribution in [-0.4, -0.2) is 45.7 Å². The van der Waals surface area contributed by atoms with Crippen LogP contribution in [0, 0.1) is 0 Å². The molecule has 1 heterocycles. The first kappa shape index (κ1) is 44.0. The summed E-state index contributed by atoms with van der Waals surface area (Å²) in [6.45, 7) is 5.20. The molecule has 12 nitrogen and oxygen atoms in total. The van der Waals surface area contributed by atoms with Gasteiger partial charge in [0.05, 0.1) is 24.9 Å². The van der Waals surface area contributed by atoms with Gasteiger partial charge in [0.2, 0.25) is 15.9 Å². The largest absolute Gasteiger partial charge is 0.493 e. The van der Waals surface area contributed by atoms with Crippen molar-refractivity contribution in [3.05, 3.63) is 71.8 Å². The van der Waals surface area contributed by atoms with Crippen LogP contribution in [0.5, 0.6) is 11.5 Å². The number of methoxy groups -OCH3 is 1. The fraction of sp³-hybridized carbons (Fsp3) is 0.488. The molecule has 1 aliphatic heterocycles. The Morgan fingerprint density at radius 1 is 0.857 bits per heavy atom. The SMILES string of the molecule is CCCCCCCCCCCCCCCc1cccc(OCC(=O)Nc2ccc(N3N=C(N(C(C)=O)c4cc(CC)cc(S(N)(=O)=O)c4OC)CC3=O)cc2)c1. The lowest BCUT2D eigenvalue weighted by Gasteiger charge is -2.24. The monoisotopic (exact) mass is 789 g/mol. The summed E-state index contributed by atoms with van der Waals surface area (Å²) in [5.74, 6) is -0.662. The Morgan fingerprint density at radius 3 is 2.05 bits per heavy atom. The first-order valence-corrected chi connectivity index (χ1v) is 21.6. The van der Waals surface area contributed by atoms with Crippen molar-refractivity contribution in [1.82, 2.24) is 0 Å². The second-order valence-electron chi connectivity index (χ2n) is 14.3. The lowest BCUT2D eigenvalue weighted by atomic mass is 10.0. The Bertz CT molecular complexity index is 1910. The molecule has 3 aromatic rings. The highest BCUT2D eigenvalue weighted by atomic mass is 32.2. The second-order valence-corrected chi connectivity index (χ2v) is 15.9. The molecule has 0 aromatic heterocycles. The average Bonchev–Trinajstić information content (AvgIpc) is 3.55. The number of carbonyl (C=O) groups excluding carboxylic acids is 3. The van der Waals surface area contributed by atoms with E-state index in [9.17, 15) is 22.8 Å². The van der Waals surface area contributed by atoms with Crippen LogP contribution in [0.25, 0.3) is 0 Å². The molecule has 1 aliphatic rings. The van der Waals surface area contributed by atoms with Crippen molar-refractivity contribution in [1.29, 1.82) is 0 Å². The van der Waals surface area contributed by atoms with Gasteiger partial charge < -0.3 is 14.8 Å². The van der Waals surface area contributed by atoms with E-state index in [1.165, 1.54) is 103 Å². The second kappa shape index (κ2) is 22.1. The number of benzene rings is 3. The number of amidine groups is 1. The van der Waals surface area contributed by atoms with Crippen LogP contribution in [0.2, 0.25) is 0 Å². The molecule has 0 radical (unpaired) electrons. The molecule has 4 rings (SSSR count). The summed E-state index contributed by atoms with van der Waals surface area (Å²) in [6.07, 6.45) is 18.4. The molecule has 3 amide bonds. The predicted octanol–water partition coefficient (Wildman–Crippen LogP) is 8.66. The number of amides is 3. The summed E-state index contributed by atoms with van der Waals surface area (Å²) in [5.41, 5.74) is 2.80. The number of nitrogens with one attached hydrogen (secondary N) is 1. The Hall–Kier alpha value is -4.75. The summed E-state index contributed by atoms with van der Waals surface area (Å²) in [7, 11) is -2.93. The zero-order valence-electron chi connectivity index (χ0n) is 33.5. The predicted molar refractivity (Wildman–Crippen MR) is 223 cm³/mol. The number of hydrogen-bond donors (Lipinski definition) is 2. The molecular weight excluding hydrogens is 731 g/mol. The van der Waals surface area contributed by atoms with Crippen molar-refractivity contribution in [2.24, 2.45) is 10.2 Å². The van der Waals surface area contributed by atoms with E-state index in [0.717, 1.165) is 22.8 Å². The van der Waals surface area contributed by atoms with E-state index in [2.05, 4.69) is 23.4 Å². The van der Waals surface area contributed by atoms with Gasteiger partial charge in [0.1, 0.15) is 16.5 Å². The molecule has 0 saturated carbocycles. The van der Waals surface area contributed by atoms with Gasteiger partial charge in [-0.1, -0.05) is 103 Å². The van der Waals surface area contributed by atoms with Crippen molar-refractivity contribution >= 4 is 50.6 Å². The Balaban J connectivity index is 1.26. The lowest BCUT2D eigenvalue weighted by molar-refractivity contribution is -0.118. The fourth-order valence-electron chi connectivity index (χ4n) is 6.83. The molecule has 3 aromatic carbocycles. The number of hydrazone groups is 1. The Kier molecular flexibility index (Phi) is 17.4. The maximum Gasteiger partial charge on any atom is 0.262 e. The smallest absolute Gasteiger partial charge is 0.262 e. The maximum absolute atomic E-state index is 13.2. The van der Waals surface area contributed by atoms with Gasteiger partial charge in [0.25, 0.3) is 11.8 Å². The number of ether oxygens (including phenoxy) is 2. The number of anilines is 3. The first-order chi connectivity index (χ1) is 26.9. The lowest BCUT2D eigenvalue weighted by Crippen LogP contribution is -2.35. The van der Waals surface area contributed by atoms with E-state index < -0.39 is 21.8 Å². The molecule has 0 saturated heterocycles. The molecule has 13 heteroatoms. The molecule has 0 aliphatic carbocycles. The highest BCUT2D eigenvalue weighted by Gasteiger charge is 2.34. The number of hydrogen-bond acceptors (Lipinski definition) is 8. The summed E-state index contributed by atoms with van der Waals surface area (Å²) in [6, 6.07) is 17.4. The number of carbonyl (C=O) groups is 3. The van der Waals surface area contributed by atoms with Crippen LogP contribution in [0.1, 0.15) is 122 Å². The number of aryl methyl sites for hydroxylation is 2. The quantitative estimate of drug-likeness (QED) is 0.0909. The molecule has 0 spiro atoms. The van der Waals surface area contributed by atoms with Crippen molar-refractivity contribution in [3.63, 3.8) is 0 Å². The van der Waals surface area contributed by atoms with Crippen LogP contribution in [-0.2, 0) is 37.2 Å². The zero-order valence-corrected chi connectivity index (χ0v) is 34.3. The number of rotatable bonds is 23. The first-order valence-electron chi connectivity index (χ1n) is 20.0. The third kappa shape index (κ3) is 13.2. The summed E-state index contributed by atoms with van der Waals surface area (Å²) >= 11 is 0. The average molecular weight is 790 g/mol. The van der Waals surface area contributed by atoms with Crippen LogP contribution in [0.3, 0.4) is 0 Å². The third-order valence-electron chi connectivity index (χ3n) is 9.82. The van der Waals surface area contributed by atoms with Crippen molar-refractivity contribution in [2.45, 2.75) is 128 Å². The van der Waals surface area contributed by atoms with Crippen LogP contribution in [0.4, 0.5) is 17.1 Å². The topological polar surface area (TPSA) is 161 Å². The van der Waals surface area contributed by atoms with Gasteiger partial charge in [0, 0.05) is 12.6 Å². The molecule has 56 heavy (non-hydrogen) atoms. The van der Waals surface area contributed by atoms with E-state index in [-0.39, 0.29) is 41.1 Å². The summed E-state index contributed by atoms with van der Waals surface area (Å²) < 4.78 is 36.0. The van der Waals surface area contributed by atoms with Crippen molar-refractivity contribution < 1.29 is 32.3 Å². The van der Waals surface area contributed by atoms with Gasteiger partial charge in [0.15, 0.2) is 12.4 Å². The minimum Gasteiger partial charge on any atom is -0.493 e. The van der Waals surface area contributed by atoms with Crippen LogP contribution < -0.4 is 29.8 Å². The molecule has 3 N–H and O–H groups in total. The summed E-state index contributed by atoms with van der Waals surface area (Å²) in [5, 5.41) is 13.9. The fourth-order valence-corrected chi connectivity index (χ4v) is 7.59. The molecule has 0 atom stereocenters. The van der Waals surface area contributed by atoms with Crippen LogP contribution in [0.15, 0.2) is 70.7 Å². The number of nitrogens with two attached hydrogens (primary N) is 1. The van der Waals surface area contributed by atoms with Crippen molar-refractivity contribution in [3.8, 4) is 11.5 Å². The Labute approximate surface area is 332 Å². The minimum absolute atomic E-state index is 0.0809. The third-order valence-corrected chi connectivity index (χ3v) is 10.7. The molecular formula is C43H59N5O7S. The number of unbranched alkanes of at least 4 members (excludes halogenated alkanes) is 12. The van der Waals surface area contributed by atoms with Crippen molar-refractivity contribution in [2.75, 3.05) is 28.9 Å². The maximum atomic E-state index is 13.2. The van der Waals surface area contributed by atoms with Gasteiger partial charge in [-0.3, -0.25) is 19.3 Å². The van der Waals surface area contributed by atoms with E-state index in [1.54, 1.807) is 30.3 Å².